The molecular formula is C9H9BF4N2. The van der Waals surface area contributed by atoms with Crippen LogP contribution in [0, 0.1) is 0 Å². The number of pyridine rings is 1. The Morgan fingerprint density at radius 2 is 1.44 bits per heavy atom. The van der Waals surface area contributed by atoms with Crippen LogP contribution < -0.4 is 10.5 Å². The van der Waals surface area contributed by atoms with E-state index >= 15 is 0 Å². The highest BCUT2D eigenvalue weighted by Gasteiger charge is 2.20. The van der Waals surface area contributed by atoms with Crippen LogP contribution in [0.4, 0.5) is 17.3 Å². The van der Waals surface area contributed by atoms with Crippen molar-refractivity contribution in [1.29, 1.82) is 0 Å². The Morgan fingerprint density at radius 1 is 0.938 bits per heavy atom. The van der Waals surface area contributed by atoms with Gasteiger partial charge in [0.2, 0.25) is 6.20 Å². The van der Waals surface area contributed by atoms with Crippen molar-refractivity contribution < 1.29 is 21.9 Å². The molecule has 0 aliphatic carbocycles. The van der Waals surface area contributed by atoms with Crippen LogP contribution in [0.15, 0.2) is 42.7 Å². The number of nitrogens with zero attached hydrogens (tertiary/aromatic N) is 1. The van der Waals surface area contributed by atoms with Crippen LogP contribution in [0.3, 0.4) is 0 Å². The highest BCUT2D eigenvalue weighted by molar-refractivity contribution is 6.50. The molecule has 0 saturated heterocycles. The molecule has 0 aliphatic heterocycles. The molecule has 2 aromatic rings. The minimum Gasteiger partial charge on any atom is -0.418 e. The fourth-order valence-corrected chi connectivity index (χ4v) is 1.15. The second kappa shape index (κ2) is 4.83. The van der Waals surface area contributed by atoms with E-state index in [1.165, 1.54) is 5.39 Å². The number of rotatable bonds is 0. The molecule has 2 nitrogen and oxygen atoms in total. The number of hydrogen-bond donors (Lipinski definition) is 1. The van der Waals surface area contributed by atoms with E-state index in [0.717, 1.165) is 5.39 Å². The van der Waals surface area contributed by atoms with E-state index < -0.39 is 7.25 Å². The van der Waals surface area contributed by atoms with Gasteiger partial charge in [-0.05, 0) is 11.5 Å². The molecule has 7 heteroatoms. The van der Waals surface area contributed by atoms with Gasteiger partial charge in [0.25, 0.3) is 0 Å². The summed E-state index contributed by atoms with van der Waals surface area (Å²) in [6.45, 7) is 0. The number of hydrogen-bond acceptors (Lipinski definition) is 1. The number of nitrogen functional groups attached to an aromatic ring is 1. The molecule has 86 valence electrons. The van der Waals surface area contributed by atoms with Crippen molar-refractivity contribution in [2.75, 3.05) is 5.84 Å². The molecule has 2 rings (SSSR count). The van der Waals surface area contributed by atoms with Gasteiger partial charge in [-0.2, -0.15) is 0 Å². The normalized spacial score (nSPS) is 10.8. The summed E-state index contributed by atoms with van der Waals surface area (Å²) in [5.74, 6) is 5.54. The van der Waals surface area contributed by atoms with Gasteiger partial charge in [0, 0.05) is 11.5 Å². The SMILES string of the molecule is F[B-](F)(F)F.N[n+]1ccc2ccccc2c1. The molecule has 2 N–H and O–H groups in total. The van der Waals surface area contributed by atoms with Crippen LogP contribution >= 0.6 is 0 Å². The minimum absolute atomic E-state index is 1.16. The van der Waals surface area contributed by atoms with Crippen LogP contribution in [0.25, 0.3) is 10.8 Å². The highest BCUT2D eigenvalue weighted by atomic mass is 19.5. The molecule has 0 aliphatic rings. The van der Waals surface area contributed by atoms with Crippen molar-refractivity contribution >= 4 is 18.0 Å². The third-order valence-corrected chi connectivity index (χ3v) is 1.71. The summed E-state index contributed by atoms with van der Waals surface area (Å²) in [5.41, 5.74) is 0. The topological polar surface area (TPSA) is 29.9 Å². The lowest BCUT2D eigenvalue weighted by molar-refractivity contribution is -0.637. The Balaban J connectivity index is 0.000000221. The molecule has 0 unspecified atom stereocenters. The lowest BCUT2D eigenvalue weighted by atomic mass is 10.2. The van der Waals surface area contributed by atoms with E-state index in [0.29, 0.717) is 0 Å². The molecule has 1 aromatic carbocycles. The van der Waals surface area contributed by atoms with E-state index in [4.69, 9.17) is 5.84 Å². The van der Waals surface area contributed by atoms with E-state index in [-0.39, 0.29) is 0 Å². The summed E-state index contributed by atoms with van der Waals surface area (Å²) < 4.78 is 40.6. The Hall–Kier alpha value is -1.79. The van der Waals surface area contributed by atoms with Crippen LogP contribution in [0.2, 0.25) is 0 Å². The van der Waals surface area contributed by atoms with E-state index in [1.54, 1.807) is 4.68 Å². The Labute approximate surface area is 89.4 Å². The van der Waals surface area contributed by atoms with Crippen molar-refractivity contribution in [3.05, 3.63) is 42.7 Å². The summed E-state index contributed by atoms with van der Waals surface area (Å²) in [7, 11) is -6.00. The van der Waals surface area contributed by atoms with Gasteiger partial charge in [-0.3, -0.25) is 0 Å². The smallest absolute Gasteiger partial charge is 0.418 e. The third-order valence-electron chi connectivity index (χ3n) is 1.71. The standard InChI is InChI=1S/C9H9N2.BF4/c10-11-6-5-8-3-1-2-4-9(8)7-11;2-1(3,4)5/h1-7H,10H2;/q+1;-1. The maximum absolute atomic E-state index is 9.75. The first-order valence-electron chi connectivity index (χ1n) is 4.39. The first kappa shape index (κ1) is 12.3. The van der Waals surface area contributed by atoms with Crippen molar-refractivity contribution in [2.45, 2.75) is 0 Å². The summed E-state index contributed by atoms with van der Waals surface area (Å²) in [6.07, 6.45) is 3.73. The molecule has 0 amide bonds. The fraction of sp³-hybridized carbons (Fsp3) is 0. The van der Waals surface area contributed by atoms with Gasteiger partial charge in [-0.1, -0.05) is 22.9 Å². The van der Waals surface area contributed by atoms with E-state index in [9.17, 15) is 17.3 Å². The zero-order valence-electron chi connectivity index (χ0n) is 8.16. The van der Waals surface area contributed by atoms with Gasteiger partial charge in [0.15, 0.2) is 6.20 Å². The summed E-state index contributed by atoms with van der Waals surface area (Å²) >= 11 is 0. The molecule has 0 fully saturated rings. The van der Waals surface area contributed by atoms with Crippen LogP contribution in [-0.4, -0.2) is 7.25 Å². The van der Waals surface area contributed by atoms with E-state index in [1.807, 2.05) is 36.7 Å². The largest absolute Gasteiger partial charge is 0.673 e. The van der Waals surface area contributed by atoms with Gasteiger partial charge >= 0.3 is 7.25 Å². The lowest BCUT2D eigenvalue weighted by Gasteiger charge is -1.94. The first-order chi connectivity index (χ1) is 7.36. The van der Waals surface area contributed by atoms with Crippen molar-refractivity contribution in [3.8, 4) is 0 Å². The van der Waals surface area contributed by atoms with Crippen molar-refractivity contribution in [3.63, 3.8) is 0 Å². The molecular weight excluding hydrogens is 223 g/mol. The van der Waals surface area contributed by atoms with Gasteiger partial charge < -0.3 is 17.3 Å². The molecule has 1 heterocycles. The Bertz CT molecular complexity index is 466. The zero-order valence-corrected chi connectivity index (χ0v) is 8.16. The second-order valence-corrected chi connectivity index (χ2v) is 3.02. The number of halogens is 4. The average molecular weight is 232 g/mol. The maximum Gasteiger partial charge on any atom is 0.673 e. The van der Waals surface area contributed by atoms with Gasteiger partial charge in [-0.15, -0.1) is 0 Å². The van der Waals surface area contributed by atoms with Crippen molar-refractivity contribution in [2.24, 2.45) is 0 Å². The predicted molar refractivity (Wildman–Crippen MR) is 54.5 cm³/mol. The van der Waals surface area contributed by atoms with E-state index in [2.05, 4.69) is 6.07 Å². The number of aromatic nitrogens is 1. The molecule has 0 bridgehead atoms. The number of benzene rings is 1. The highest BCUT2D eigenvalue weighted by Crippen LogP contribution is 2.08. The zero-order chi connectivity index (χ0) is 12.2. The molecule has 16 heavy (non-hydrogen) atoms. The quantitative estimate of drug-likeness (QED) is 0.320. The molecule has 0 saturated carbocycles. The van der Waals surface area contributed by atoms with Crippen molar-refractivity contribution in [1.82, 2.24) is 0 Å². The molecule has 1 aromatic heterocycles. The molecule has 0 radical (unpaired) electrons. The molecule has 0 spiro atoms. The van der Waals surface area contributed by atoms with Gasteiger partial charge in [0.05, 0.1) is 0 Å². The van der Waals surface area contributed by atoms with Crippen LogP contribution in [-0.2, 0) is 0 Å². The van der Waals surface area contributed by atoms with Crippen LogP contribution in [0.1, 0.15) is 0 Å². The average Bonchev–Trinajstić information content (AvgIpc) is 2.15. The number of nitrogens with two attached hydrogens (primary N) is 1. The van der Waals surface area contributed by atoms with Gasteiger partial charge in [0.1, 0.15) is 0 Å². The first-order valence-corrected chi connectivity index (χ1v) is 4.39. The van der Waals surface area contributed by atoms with Crippen LogP contribution in [0.5, 0.6) is 0 Å². The Morgan fingerprint density at radius 3 is 2.00 bits per heavy atom. The lowest BCUT2D eigenvalue weighted by Crippen LogP contribution is -2.43. The number of fused-ring (bicyclic) bond motifs is 1. The minimum atomic E-state index is -6.00. The van der Waals surface area contributed by atoms with Gasteiger partial charge in [-0.25, -0.2) is 5.84 Å². The summed E-state index contributed by atoms with van der Waals surface area (Å²) in [6, 6.07) is 10.1. The monoisotopic (exact) mass is 232 g/mol. The maximum atomic E-state index is 9.75. The molecule has 0 atom stereocenters. The fourth-order valence-electron chi connectivity index (χ4n) is 1.15. The summed E-state index contributed by atoms with van der Waals surface area (Å²) in [5, 5.41) is 2.38. The second-order valence-electron chi connectivity index (χ2n) is 3.02. The Kier molecular flexibility index (Phi) is 3.70. The predicted octanol–water partition coefficient (Wildman–Crippen LogP) is 2.14. The summed E-state index contributed by atoms with van der Waals surface area (Å²) in [4.78, 5) is 0. The third kappa shape index (κ3) is 4.63.